The third-order valence-corrected chi connectivity index (χ3v) is 7.27. The lowest BCUT2D eigenvalue weighted by atomic mass is 9.73. The lowest BCUT2D eigenvalue weighted by molar-refractivity contribution is 0.0405. The van der Waals surface area contributed by atoms with E-state index in [2.05, 4.69) is 52.6 Å². The molecule has 1 aromatic heterocycles. The number of aromatic nitrogens is 2. The van der Waals surface area contributed by atoms with Crippen LogP contribution in [0.3, 0.4) is 0 Å². The summed E-state index contributed by atoms with van der Waals surface area (Å²) in [7, 11) is 0. The van der Waals surface area contributed by atoms with E-state index in [1.165, 1.54) is 27.9 Å². The second-order valence-electron chi connectivity index (χ2n) is 9.73. The Labute approximate surface area is 197 Å². The van der Waals surface area contributed by atoms with Crippen LogP contribution < -0.4 is 0 Å². The Bertz CT molecular complexity index is 1130. The largest absolute Gasteiger partial charge is 0.396 e. The number of aliphatic hydroxyl groups excluding tert-OH is 1. The number of nitrogens with zero attached hydrogens (tertiary/aromatic N) is 4. The Morgan fingerprint density at radius 2 is 1.76 bits per heavy atom. The van der Waals surface area contributed by atoms with Crippen molar-refractivity contribution in [2.45, 2.75) is 53.1 Å². The van der Waals surface area contributed by atoms with Gasteiger partial charge in [-0.3, -0.25) is 4.90 Å². The summed E-state index contributed by atoms with van der Waals surface area (Å²) in [5.74, 6) is 1.01. The molecule has 1 aliphatic heterocycles. The van der Waals surface area contributed by atoms with Crippen LogP contribution in [0.1, 0.15) is 52.2 Å². The van der Waals surface area contributed by atoms with E-state index in [9.17, 15) is 5.11 Å². The number of likely N-dealkylation sites (tertiary alicyclic amines) is 1. The van der Waals surface area contributed by atoms with Gasteiger partial charge >= 0.3 is 0 Å². The van der Waals surface area contributed by atoms with Crippen LogP contribution >= 0.6 is 0 Å². The molecule has 0 spiro atoms. The standard InChI is InChI=1S/C28H34N4O/c1-21-4-5-22(2)26(14-21)15-28(20-33)10-12-31(13-11-28)19-27-17-30-23(3)32(27)18-25-8-6-24(16-29)7-9-25/h4-9,14,17,33H,10-13,15,18-20H2,1-3H3. The van der Waals surface area contributed by atoms with E-state index in [0.717, 1.165) is 51.3 Å². The summed E-state index contributed by atoms with van der Waals surface area (Å²) in [4.78, 5) is 7.06. The Hall–Kier alpha value is -2.94. The molecule has 0 radical (unpaired) electrons. The third kappa shape index (κ3) is 5.35. The summed E-state index contributed by atoms with van der Waals surface area (Å²) in [5.41, 5.74) is 7.00. The zero-order chi connectivity index (χ0) is 23.4. The molecule has 2 heterocycles. The molecule has 0 atom stereocenters. The highest BCUT2D eigenvalue weighted by Gasteiger charge is 2.34. The summed E-state index contributed by atoms with van der Waals surface area (Å²) in [6, 6.07) is 16.6. The number of aryl methyl sites for hydroxylation is 3. The van der Waals surface area contributed by atoms with Crippen molar-refractivity contribution in [2.75, 3.05) is 19.7 Å². The molecule has 5 heteroatoms. The smallest absolute Gasteiger partial charge is 0.106 e. The van der Waals surface area contributed by atoms with Gasteiger partial charge in [0.05, 0.1) is 17.3 Å². The van der Waals surface area contributed by atoms with E-state index in [1.807, 2.05) is 37.4 Å². The highest BCUT2D eigenvalue weighted by Crippen LogP contribution is 2.36. The lowest BCUT2D eigenvalue weighted by Gasteiger charge is -2.41. The summed E-state index contributed by atoms with van der Waals surface area (Å²) >= 11 is 0. The molecule has 5 nitrogen and oxygen atoms in total. The van der Waals surface area contributed by atoms with Gasteiger partial charge in [0.25, 0.3) is 0 Å². The van der Waals surface area contributed by atoms with Crippen molar-refractivity contribution in [3.8, 4) is 6.07 Å². The fourth-order valence-corrected chi connectivity index (χ4v) is 4.92. The van der Waals surface area contributed by atoms with Crippen molar-refractivity contribution < 1.29 is 5.11 Å². The van der Waals surface area contributed by atoms with Crippen molar-refractivity contribution in [3.63, 3.8) is 0 Å². The number of aliphatic hydroxyl groups is 1. The summed E-state index contributed by atoms with van der Waals surface area (Å²) in [5, 5.41) is 19.4. The van der Waals surface area contributed by atoms with Gasteiger partial charge in [-0.05, 0) is 87.4 Å². The van der Waals surface area contributed by atoms with Crippen molar-refractivity contribution in [3.05, 3.63) is 88.0 Å². The fourth-order valence-electron chi connectivity index (χ4n) is 4.92. The number of rotatable bonds is 7. The van der Waals surface area contributed by atoms with Gasteiger partial charge in [0.15, 0.2) is 0 Å². The number of imidazole rings is 1. The molecule has 0 bridgehead atoms. The van der Waals surface area contributed by atoms with Crippen molar-refractivity contribution in [1.29, 1.82) is 5.26 Å². The number of nitriles is 1. The normalized spacial score (nSPS) is 16.0. The number of benzene rings is 2. The third-order valence-electron chi connectivity index (χ3n) is 7.27. The average Bonchev–Trinajstić information content (AvgIpc) is 3.17. The Kier molecular flexibility index (Phi) is 6.97. The first-order chi connectivity index (χ1) is 15.9. The molecule has 0 amide bonds. The number of hydrogen-bond donors (Lipinski definition) is 1. The van der Waals surface area contributed by atoms with E-state index >= 15 is 0 Å². The van der Waals surface area contributed by atoms with Crippen LogP contribution in [0.15, 0.2) is 48.7 Å². The van der Waals surface area contributed by atoms with Crippen LogP contribution in [0.5, 0.6) is 0 Å². The van der Waals surface area contributed by atoms with Crippen LogP contribution in [0.2, 0.25) is 0 Å². The molecule has 2 aromatic carbocycles. The molecule has 1 fully saturated rings. The maximum absolute atomic E-state index is 10.3. The highest BCUT2D eigenvalue weighted by molar-refractivity contribution is 5.32. The molecule has 1 N–H and O–H groups in total. The van der Waals surface area contributed by atoms with E-state index in [1.54, 1.807) is 0 Å². The van der Waals surface area contributed by atoms with Gasteiger partial charge in [0.2, 0.25) is 0 Å². The van der Waals surface area contributed by atoms with Crippen LogP contribution in [0.4, 0.5) is 0 Å². The Morgan fingerprint density at radius 1 is 1.03 bits per heavy atom. The molecule has 0 unspecified atom stereocenters. The summed E-state index contributed by atoms with van der Waals surface area (Å²) < 4.78 is 2.27. The van der Waals surface area contributed by atoms with Gasteiger partial charge in [-0.2, -0.15) is 5.26 Å². The molecule has 172 valence electrons. The van der Waals surface area contributed by atoms with Gasteiger partial charge in [0.1, 0.15) is 5.82 Å². The average molecular weight is 443 g/mol. The predicted octanol–water partition coefficient (Wildman–Crippen LogP) is 4.55. The highest BCUT2D eigenvalue weighted by atomic mass is 16.3. The quantitative estimate of drug-likeness (QED) is 0.583. The van der Waals surface area contributed by atoms with Gasteiger partial charge in [-0.1, -0.05) is 35.9 Å². The predicted molar refractivity (Wildman–Crippen MR) is 131 cm³/mol. The molecule has 0 saturated carbocycles. The molecule has 0 aliphatic carbocycles. The van der Waals surface area contributed by atoms with Gasteiger partial charge in [-0.25, -0.2) is 4.98 Å². The van der Waals surface area contributed by atoms with E-state index in [4.69, 9.17) is 5.26 Å². The number of hydrogen-bond acceptors (Lipinski definition) is 4. The minimum atomic E-state index is -0.0340. The van der Waals surface area contributed by atoms with Gasteiger partial charge < -0.3 is 9.67 Å². The molecule has 3 aromatic rings. The second-order valence-corrected chi connectivity index (χ2v) is 9.73. The second kappa shape index (κ2) is 9.91. The first-order valence-electron chi connectivity index (χ1n) is 11.8. The molecule has 1 aliphatic rings. The maximum Gasteiger partial charge on any atom is 0.106 e. The van der Waals surface area contributed by atoms with Crippen LogP contribution in [0.25, 0.3) is 0 Å². The van der Waals surface area contributed by atoms with Crippen molar-refractivity contribution >= 4 is 0 Å². The topological polar surface area (TPSA) is 65.1 Å². The van der Waals surface area contributed by atoms with Crippen LogP contribution in [0, 0.1) is 37.5 Å². The van der Waals surface area contributed by atoms with Crippen LogP contribution in [-0.4, -0.2) is 39.3 Å². The van der Waals surface area contributed by atoms with E-state index in [-0.39, 0.29) is 12.0 Å². The van der Waals surface area contributed by atoms with E-state index in [0.29, 0.717) is 5.56 Å². The number of piperidine rings is 1. The molecule has 4 rings (SSSR count). The fraction of sp³-hybridized carbons (Fsp3) is 0.429. The first kappa shape index (κ1) is 23.2. The minimum absolute atomic E-state index is 0.0340. The lowest BCUT2D eigenvalue weighted by Crippen LogP contribution is -2.43. The van der Waals surface area contributed by atoms with Gasteiger partial charge in [-0.15, -0.1) is 0 Å². The maximum atomic E-state index is 10.3. The Balaban J connectivity index is 1.41. The van der Waals surface area contributed by atoms with Gasteiger partial charge in [0, 0.05) is 25.9 Å². The minimum Gasteiger partial charge on any atom is -0.396 e. The SMILES string of the molecule is Cc1ccc(C)c(CC2(CO)CCN(Cc3cnc(C)n3Cc3ccc(C#N)cc3)CC2)c1. The first-order valence-corrected chi connectivity index (χ1v) is 11.8. The van der Waals surface area contributed by atoms with Crippen molar-refractivity contribution in [2.24, 2.45) is 5.41 Å². The van der Waals surface area contributed by atoms with Crippen LogP contribution in [-0.2, 0) is 19.5 Å². The zero-order valence-corrected chi connectivity index (χ0v) is 20.0. The molecular formula is C28H34N4O. The summed E-state index contributed by atoms with van der Waals surface area (Å²) in [6.07, 6.45) is 4.93. The monoisotopic (exact) mass is 442 g/mol. The molecule has 33 heavy (non-hydrogen) atoms. The summed E-state index contributed by atoms with van der Waals surface area (Å²) in [6.45, 7) is 10.2. The van der Waals surface area contributed by atoms with E-state index < -0.39 is 0 Å². The molecular weight excluding hydrogens is 408 g/mol. The zero-order valence-electron chi connectivity index (χ0n) is 20.0. The molecule has 1 saturated heterocycles. The Morgan fingerprint density at radius 3 is 2.42 bits per heavy atom. The van der Waals surface area contributed by atoms with Crippen molar-refractivity contribution in [1.82, 2.24) is 14.5 Å².